The van der Waals surface area contributed by atoms with Gasteiger partial charge >= 0.3 is 0 Å². The molecule has 1 heterocycles. The number of rotatable bonds is 2. The number of halogens is 1. The highest BCUT2D eigenvalue weighted by Gasteiger charge is 2.19. The minimum Gasteiger partial charge on any atom is -0.358 e. The molecule has 3 rings (SSSR count). The van der Waals surface area contributed by atoms with E-state index in [0.717, 1.165) is 32.2 Å². The highest BCUT2D eigenvalue weighted by atomic mass is 79.9. The Morgan fingerprint density at radius 2 is 1.85 bits per heavy atom. The lowest BCUT2D eigenvalue weighted by Crippen LogP contribution is -2.04. The van der Waals surface area contributed by atoms with Crippen LogP contribution in [0.4, 0.5) is 0 Å². The zero-order valence-electron chi connectivity index (χ0n) is 11.3. The summed E-state index contributed by atoms with van der Waals surface area (Å²) >= 11 is 3.47. The monoisotopic (exact) mass is 327 g/mol. The van der Waals surface area contributed by atoms with E-state index in [9.17, 15) is 4.79 Å². The first kappa shape index (κ1) is 13.1. The van der Waals surface area contributed by atoms with Crippen LogP contribution in [0.1, 0.15) is 27.2 Å². The lowest BCUT2D eigenvalue weighted by atomic mass is 9.99. The van der Waals surface area contributed by atoms with E-state index in [-0.39, 0.29) is 5.78 Å². The van der Waals surface area contributed by atoms with E-state index in [1.165, 1.54) is 0 Å². The van der Waals surface area contributed by atoms with Crippen molar-refractivity contribution in [2.75, 3.05) is 0 Å². The van der Waals surface area contributed by atoms with Crippen LogP contribution in [0.2, 0.25) is 0 Å². The average molecular weight is 328 g/mol. The predicted molar refractivity (Wildman–Crippen MR) is 85.3 cm³/mol. The van der Waals surface area contributed by atoms with Crippen LogP contribution >= 0.6 is 15.9 Å². The molecule has 0 aliphatic rings. The molecule has 3 heteroatoms. The molecule has 2 nitrogen and oxygen atoms in total. The Morgan fingerprint density at radius 3 is 2.65 bits per heavy atom. The summed E-state index contributed by atoms with van der Waals surface area (Å²) in [6, 6.07) is 13.7. The van der Waals surface area contributed by atoms with Crippen molar-refractivity contribution < 1.29 is 4.79 Å². The number of carbonyl (C=O) groups is 1. The summed E-state index contributed by atoms with van der Waals surface area (Å²) < 4.78 is 0.831. The molecule has 0 spiro atoms. The van der Waals surface area contributed by atoms with Crippen LogP contribution in [0.25, 0.3) is 10.9 Å². The molecule has 0 fully saturated rings. The highest BCUT2D eigenvalue weighted by Crippen LogP contribution is 2.28. The third-order valence-electron chi connectivity index (χ3n) is 3.49. The number of hydrogen-bond donors (Lipinski definition) is 1. The summed E-state index contributed by atoms with van der Waals surface area (Å²) in [4.78, 5) is 16.1. The van der Waals surface area contributed by atoms with Gasteiger partial charge in [0.05, 0.1) is 5.56 Å². The standard InChI is InChI=1S/C17H14BrNO/c1-10-7-8-14(18)13(9-10)17(20)16-11(2)19-15-6-4-3-5-12(15)16/h3-9,19H,1-2H3. The van der Waals surface area contributed by atoms with Crippen molar-refractivity contribution in [3.63, 3.8) is 0 Å². The number of H-pyrrole nitrogens is 1. The Bertz CT molecular complexity index is 817. The second-order valence-corrected chi connectivity index (χ2v) is 5.84. The molecule has 0 bridgehead atoms. The Hall–Kier alpha value is -1.87. The number of aromatic nitrogens is 1. The number of aryl methyl sites for hydroxylation is 2. The molecule has 100 valence electrons. The van der Waals surface area contributed by atoms with Gasteiger partial charge in [-0.15, -0.1) is 0 Å². The van der Waals surface area contributed by atoms with Gasteiger partial charge in [-0.05, 0) is 32.0 Å². The van der Waals surface area contributed by atoms with Gasteiger partial charge in [0.25, 0.3) is 0 Å². The molecule has 0 atom stereocenters. The molecule has 1 N–H and O–H groups in total. The first-order valence-electron chi connectivity index (χ1n) is 6.46. The lowest BCUT2D eigenvalue weighted by Gasteiger charge is -2.05. The SMILES string of the molecule is Cc1ccc(Br)c(C(=O)c2c(C)[nH]c3ccccc23)c1. The zero-order valence-corrected chi connectivity index (χ0v) is 12.9. The van der Waals surface area contributed by atoms with Crippen molar-refractivity contribution in [3.05, 3.63) is 69.3 Å². The van der Waals surface area contributed by atoms with Crippen molar-refractivity contribution in [3.8, 4) is 0 Å². The summed E-state index contributed by atoms with van der Waals surface area (Å²) in [5.74, 6) is 0.0514. The number of fused-ring (bicyclic) bond motifs is 1. The van der Waals surface area contributed by atoms with Crippen molar-refractivity contribution >= 4 is 32.6 Å². The summed E-state index contributed by atoms with van der Waals surface area (Å²) in [5.41, 5.74) is 4.44. The maximum atomic E-state index is 12.9. The van der Waals surface area contributed by atoms with Crippen molar-refractivity contribution in [2.24, 2.45) is 0 Å². The fraction of sp³-hybridized carbons (Fsp3) is 0.118. The number of ketones is 1. The Kier molecular flexibility index (Phi) is 3.22. The van der Waals surface area contributed by atoms with E-state index in [4.69, 9.17) is 0 Å². The molecule has 0 unspecified atom stereocenters. The van der Waals surface area contributed by atoms with Gasteiger partial charge < -0.3 is 4.98 Å². The quantitative estimate of drug-likeness (QED) is 0.675. The predicted octanol–water partition coefficient (Wildman–Crippen LogP) is 4.78. The Labute approximate surface area is 126 Å². The van der Waals surface area contributed by atoms with E-state index in [1.54, 1.807) is 0 Å². The van der Waals surface area contributed by atoms with Crippen molar-refractivity contribution in [2.45, 2.75) is 13.8 Å². The van der Waals surface area contributed by atoms with Crippen molar-refractivity contribution in [1.29, 1.82) is 0 Å². The molecule has 0 saturated heterocycles. The average Bonchev–Trinajstić information content (AvgIpc) is 2.76. The summed E-state index contributed by atoms with van der Waals surface area (Å²) in [6.45, 7) is 3.93. The number of nitrogens with one attached hydrogen (secondary N) is 1. The third kappa shape index (κ3) is 2.08. The molecule has 0 radical (unpaired) electrons. The molecular formula is C17H14BrNO. The van der Waals surface area contributed by atoms with Crippen LogP contribution in [0.15, 0.2) is 46.9 Å². The summed E-state index contributed by atoms with van der Waals surface area (Å²) in [6.07, 6.45) is 0. The number of carbonyl (C=O) groups excluding carboxylic acids is 1. The van der Waals surface area contributed by atoms with Crippen LogP contribution in [0.5, 0.6) is 0 Å². The minimum atomic E-state index is 0.0514. The fourth-order valence-electron chi connectivity index (χ4n) is 2.52. The smallest absolute Gasteiger partial charge is 0.196 e. The van der Waals surface area contributed by atoms with Gasteiger partial charge in [0.1, 0.15) is 0 Å². The first-order valence-corrected chi connectivity index (χ1v) is 7.25. The number of para-hydroxylation sites is 1. The van der Waals surface area contributed by atoms with Gasteiger partial charge in [0, 0.05) is 26.6 Å². The van der Waals surface area contributed by atoms with Gasteiger partial charge in [-0.2, -0.15) is 0 Å². The number of aromatic amines is 1. The molecule has 3 aromatic rings. The highest BCUT2D eigenvalue weighted by molar-refractivity contribution is 9.10. The molecule has 2 aromatic carbocycles. The van der Waals surface area contributed by atoms with Gasteiger partial charge in [-0.3, -0.25) is 4.79 Å². The van der Waals surface area contributed by atoms with E-state index in [1.807, 2.05) is 56.3 Å². The Balaban J connectivity index is 2.22. The molecule has 0 aliphatic heterocycles. The normalized spacial score (nSPS) is 10.9. The maximum absolute atomic E-state index is 12.9. The first-order chi connectivity index (χ1) is 9.58. The molecule has 20 heavy (non-hydrogen) atoms. The van der Waals surface area contributed by atoms with E-state index >= 15 is 0 Å². The van der Waals surface area contributed by atoms with E-state index < -0.39 is 0 Å². The van der Waals surface area contributed by atoms with Crippen LogP contribution in [-0.2, 0) is 0 Å². The van der Waals surface area contributed by atoms with E-state index in [0.29, 0.717) is 5.56 Å². The van der Waals surface area contributed by atoms with Crippen LogP contribution in [0.3, 0.4) is 0 Å². The zero-order chi connectivity index (χ0) is 14.3. The molecular weight excluding hydrogens is 314 g/mol. The van der Waals surface area contributed by atoms with Gasteiger partial charge in [-0.25, -0.2) is 0 Å². The maximum Gasteiger partial charge on any atom is 0.196 e. The number of benzene rings is 2. The minimum absolute atomic E-state index is 0.0514. The summed E-state index contributed by atoms with van der Waals surface area (Å²) in [5, 5.41) is 0.975. The second-order valence-electron chi connectivity index (χ2n) is 4.98. The van der Waals surface area contributed by atoms with Gasteiger partial charge in [-0.1, -0.05) is 45.8 Å². The van der Waals surface area contributed by atoms with E-state index in [2.05, 4.69) is 20.9 Å². The fourth-order valence-corrected chi connectivity index (χ4v) is 2.94. The van der Waals surface area contributed by atoms with Gasteiger partial charge in [0.15, 0.2) is 5.78 Å². The molecule has 0 saturated carbocycles. The van der Waals surface area contributed by atoms with Crippen LogP contribution in [-0.4, -0.2) is 10.8 Å². The molecule has 0 aliphatic carbocycles. The largest absolute Gasteiger partial charge is 0.358 e. The topological polar surface area (TPSA) is 32.9 Å². The lowest BCUT2D eigenvalue weighted by molar-refractivity contribution is 0.103. The van der Waals surface area contributed by atoms with Crippen LogP contribution in [0, 0.1) is 13.8 Å². The summed E-state index contributed by atoms with van der Waals surface area (Å²) in [7, 11) is 0. The second kappa shape index (κ2) is 4.91. The number of hydrogen-bond acceptors (Lipinski definition) is 1. The molecule has 1 aromatic heterocycles. The van der Waals surface area contributed by atoms with Gasteiger partial charge in [0.2, 0.25) is 0 Å². The molecule has 0 amide bonds. The van der Waals surface area contributed by atoms with Crippen LogP contribution < -0.4 is 0 Å². The Morgan fingerprint density at radius 1 is 1.10 bits per heavy atom. The third-order valence-corrected chi connectivity index (χ3v) is 4.18. The van der Waals surface area contributed by atoms with Crippen molar-refractivity contribution in [1.82, 2.24) is 4.98 Å².